The predicted octanol–water partition coefficient (Wildman–Crippen LogP) is 1.68. The van der Waals surface area contributed by atoms with Gasteiger partial charge in [-0.25, -0.2) is 0 Å². The lowest BCUT2D eigenvalue weighted by atomic mass is 10.1. The van der Waals surface area contributed by atoms with E-state index in [1.54, 1.807) is 0 Å². The van der Waals surface area contributed by atoms with Crippen LogP contribution >= 0.6 is 0 Å². The van der Waals surface area contributed by atoms with Gasteiger partial charge in [0.2, 0.25) is 0 Å². The third-order valence-electron chi connectivity index (χ3n) is 2.90. The summed E-state index contributed by atoms with van der Waals surface area (Å²) >= 11 is 0. The molecule has 4 heteroatoms. The van der Waals surface area contributed by atoms with Crippen LogP contribution in [0.2, 0.25) is 0 Å². The molecule has 0 aliphatic carbocycles. The van der Waals surface area contributed by atoms with Gasteiger partial charge in [-0.2, -0.15) is 0 Å². The maximum Gasteiger partial charge on any atom is 0.192 e. The molecule has 4 nitrogen and oxygen atoms in total. The van der Waals surface area contributed by atoms with Crippen molar-refractivity contribution in [1.29, 1.82) is 0 Å². The molecule has 1 aromatic carbocycles. The van der Waals surface area contributed by atoms with Gasteiger partial charge in [0.05, 0.1) is 13.2 Å². The lowest BCUT2D eigenvalue weighted by molar-refractivity contribution is -0.149. The van der Waals surface area contributed by atoms with E-state index < -0.39 is 5.79 Å². The SMILES string of the molecule is CC1(c2ccc3c(c2)OCCO3)OCCO1. The van der Waals surface area contributed by atoms with Crippen LogP contribution in [0.1, 0.15) is 12.5 Å². The average Bonchev–Trinajstić information content (AvgIpc) is 2.77. The van der Waals surface area contributed by atoms with Gasteiger partial charge in [-0.3, -0.25) is 0 Å². The Kier molecular flexibility index (Phi) is 2.26. The first-order valence-corrected chi connectivity index (χ1v) is 5.46. The van der Waals surface area contributed by atoms with E-state index in [1.165, 1.54) is 0 Å². The van der Waals surface area contributed by atoms with Crippen LogP contribution < -0.4 is 9.47 Å². The average molecular weight is 222 g/mol. The first-order chi connectivity index (χ1) is 7.78. The molecule has 16 heavy (non-hydrogen) atoms. The molecule has 1 saturated heterocycles. The van der Waals surface area contributed by atoms with Crippen LogP contribution in [0.3, 0.4) is 0 Å². The quantitative estimate of drug-likeness (QED) is 0.724. The van der Waals surface area contributed by atoms with Crippen LogP contribution in [0.5, 0.6) is 11.5 Å². The lowest BCUT2D eigenvalue weighted by Crippen LogP contribution is -2.23. The summed E-state index contributed by atoms with van der Waals surface area (Å²) in [5.74, 6) is 0.913. The lowest BCUT2D eigenvalue weighted by Gasteiger charge is -2.25. The highest BCUT2D eigenvalue weighted by Crippen LogP contribution is 2.37. The Morgan fingerprint density at radius 1 is 0.938 bits per heavy atom. The molecule has 1 fully saturated rings. The van der Waals surface area contributed by atoms with Crippen molar-refractivity contribution in [3.05, 3.63) is 23.8 Å². The molecule has 0 radical (unpaired) electrons. The van der Waals surface area contributed by atoms with Crippen LogP contribution in [0, 0.1) is 0 Å². The molecule has 86 valence electrons. The highest BCUT2D eigenvalue weighted by atomic mass is 16.7. The van der Waals surface area contributed by atoms with Crippen molar-refractivity contribution in [3.8, 4) is 11.5 Å². The van der Waals surface area contributed by atoms with Crippen molar-refractivity contribution in [2.75, 3.05) is 26.4 Å². The summed E-state index contributed by atoms with van der Waals surface area (Å²) in [6, 6.07) is 5.79. The maximum atomic E-state index is 5.60. The van der Waals surface area contributed by atoms with Crippen LogP contribution in [0.25, 0.3) is 0 Å². The van der Waals surface area contributed by atoms with Crippen LogP contribution in [0.15, 0.2) is 18.2 Å². The molecule has 0 bridgehead atoms. The first kappa shape index (κ1) is 9.93. The van der Waals surface area contributed by atoms with Crippen molar-refractivity contribution in [3.63, 3.8) is 0 Å². The number of hydrogen-bond acceptors (Lipinski definition) is 4. The maximum absolute atomic E-state index is 5.60. The summed E-state index contributed by atoms with van der Waals surface area (Å²) < 4.78 is 22.2. The predicted molar refractivity (Wildman–Crippen MR) is 56.7 cm³/mol. The van der Waals surface area contributed by atoms with E-state index in [4.69, 9.17) is 18.9 Å². The number of ether oxygens (including phenoxy) is 4. The molecule has 2 aliphatic heterocycles. The molecule has 0 spiro atoms. The van der Waals surface area contributed by atoms with Crippen molar-refractivity contribution >= 4 is 0 Å². The molecule has 0 aromatic heterocycles. The summed E-state index contributed by atoms with van der Waals surface area (Å²) in [7, 11) is 0. The molecule has 0 atom stereocenters. The summed E-state index contributed by atoms with van der Waals surface area (Å²) in [6.07, 6.45) is 0. The number of hydrogen-bond donors (Lipinski definition) is 0. The van der Waals surface area contributed by atoms with E-state index in [9.17, 15) is 0 Å². The van der Waals surface area contributed by atoms with E-state index in [2.05, 4.69) is 0 Å². The molecule has 0 unspecified atom stereocenters. The topological polar surface area (TPSA) is 36.9 Å². The third-order valence-corrected chi connectivity index (χ3v) is 2.90. The van der Waals surface area contributed by atoms with Crippen LogP contribution in [0.4, 0.5) is 0 Å². The number of benzene rings is 1. The second kappa shape index (κ2) is 3.64. The normalized spacial score (nSPS) is 22.1. The Balaban J connectivity index is 1.96. The minimum absolute atomic E-state index is 0.592. The molecule has 3 rings (SSSR count). The second-order valence-corrected chi connectivity index (χ2v) is 4.00. The Hall–Kier alpha value is -1.26. The minimum atomic E-state index is -0.643. The molecule has 0 amide bonds. The van der Waals surface area contributed by atoms with E-state index in [1.807, 2.05) is 25.1 Å². The summed E-state index contributed by atoms with van der Waals surface area (Å²) in [5.41, 5.74) is 0.967. The van der Waals surface area contributed by atoms with Crippen molar-refractivity contribution in [2.45, 2.75) is 12.7 Å². The Morgan fingerprint density at radius 3 is 2.38 bits per heavy atom. The fourth-order valence-corrected chi connectivity index (χ4v) is 2.01. The summed E-state index contributed by atoms with van der Waals surface area (Å²) in [4.78, 5) is 0. The molecule has 2 heterocycles. The molecule has 1 aromatic rings. The van der Waals surface area contributed by atoms with Gasteiger partial charge >= 0.3 is 0 Å². The fraction of sp³-hybridized carbons (Fsp3) is 0.500. The Labute approximate surface area is 94.1 Å². The third kappa shape index (κ3) is 1.54. The summed E-state index contributed by atoms with van der Waals surface area (Å²) in [5, 5.41) is 0. The van der Waals surface area contributed by atoms with Gasteiger partial charge in [-0.1, -0.05) is 0 Å². The highest BCUT2D eigenvalue weighted by Gasteiger charge is 2.34. The van der Waals surface area contributed by atoms with Gasteiger partial charge < -0.3 is 18.9 Å². The minimum Gasteiger partial charge on any atom is -0.486 e. The zero-order valence-corrected chi connectivity index (χ0v) is 9.19. The summed E-state index contributed by atoms with van der Waals surface area (Å²) in [6.45, 7) is 4.38. The van der Waals surface area contributed by atoms with E-state index in [0.717, 1.165) is 17.1 Å². The molecule has 2 aliphatic rings. The van der Waals surface area contributed by atoms with Crippen LogP contribution in [-0.2, 0) is 15.3 Å². The van der Waals surface area contributed by atoms with Gasteiger partial charge in [0.25, 0.3) is 0 Å². The Morgan fingerprint density at radius 2 is 1.62 bits per heavy atom. The zero-order valence-electron chi connectivity index (χ0n) is 9.19. The van der Waals surface area contributed by atoms with E-state index in [0.29, 0.717) is 26.4 Å². The number of rotatable bonds is 1. The van der Waals surface area contributed by atoms with E-state index in [-0.39, 0.29) is 0 Å². The first-order valence-electron chi connectivity index (χ1n) is 5.46. The largest absolute Gasteiger partial charge is 0.486 e. The van der Waals surface area contributed by atoms with Gasteiger partial charge in [-0.05, 0) is 25.1 Å². The van der Waals surface area contributed by atoms with Crippen molar-refractivity contribution < 1.29 is 18.9 Å². The fourth-order valence-electron chi connectivity index (χ4n) is 2.01. The molecular weight excluding hydrogens is 208 g/mol. The van der Waals surface area contributed by atoms with Gasteiger partial charge in [0.15, 0.2) is 17.3 Å². The van der Waals surface area contributed by atoms with Crippen molar-refractivity contribution in [2.24, 2.45) is 0 Å². The van der Waals surface area contributed by atoms with Crippen molar-refractivity contribution in [1.82, 2.24) is 0 Å². The van der Waals surface area contributed by atoms with Gasteiger partial charge in [0.1, 0.15) is 13.2 Å². The highest BCUT2D eigenvalue weighted by molar-refractivity contribution is 5.45. The van der Waals surface area contributed by atoms with Gasteiger partial charge in [0, 0.05) is 5.56 Å². The molecule has 0 N–H and O–H groups in total. The smallest absolute Gasteiger partial charge is 0.192 e. The van der Waals surface area contributed by atoms with Crippen LogP contribution in [-0.4, -0.2) is 26.4 Å². The Bertz CT molecular complexity index is 396. The standard InChI is InChI=1S/C12H14O4/c1-12(15-6-7-16-12)9-2-3-10-11(8-9)14-5-4-13-10/h2-3,8H,4-7H2,1H3. The van der Waals surface area contributed by atoms with E-state index >= 15 is 0 Å². The van der Waals surface area contributed by atoms with Gasteiger partial charge in [-0.15, -0.1) is 0 Å². The molecular formula is C12H14O4. The second-order valence-electron chi connectivity index (χ2n) is 4.00. The molecule has 0 saturated carbocycles. The zero-order chi connectivity index (χ0) is 11.0. The monoisotopic (exact) mass is 222 g/mol. The number of fused-ring (bicyclic) bond motifs is 1.